The number of fused-ring (bicyclic) bond motifs is 7. The summed E-state index contributed by atoms with van der Waals surface area (Å²) in [5.41, 5.74) is -2.36. The van der Waals surface area contributed by atoms with E-state index in [4.69, 9.17) is 28.4 Å². The van der Waals surface area contributed by atoms with E-state index >= 15 is 0 Å². The SMILES string of the molecule is CC1(C)CCC2(C(=O)OC3OC(CO)C(O)C(O)C3O)C(O)CC3(C)C(=CCC4C5(C)CCC(OC6OC(C(=O)O)C(O)C(OC7OC(CO)C(O)C(O)C7O)C6O)C(C)(C)C5CCC43C)C2C1. The fourth-order valence-electron chi connectivity index (χ4n) is 15.1. The van der Waals surface area contributed by atoms with Crippen LogP contribution in [-0.4, -0.2) is 191 Å². The van der Waals surface area contributed by atoms with Crippen molar-refractivity contribution >= 4 is 11.9 Å². The first-order valence-electron chi connectivity index (χ1n) is 24.4. The Balaban J connectivity index is 1.04. The summed E-state index contributed by atoms with van der Waals surface area (Å²) in [5, 5.41) is 128. The lowest BCUT2D eigenvalue weighted by molar-refractivity contribution is -0.365. The van der Waals surface area contributed by atoms with Crippen molar-refractivity contribution in [2.75, 3.05) is 13.2 Å². The molecule has 24 atom stereocenters. The highest BCUT2D eigenvalue weighted by Gasteiger charge is 2.72. The fourth-order valence-corrected chi connectivity index (χ4v) is 15.1. The van der Waals surface area contributed by atoms with Crippen molar-refractivity contribution in [3.63, 3.8) is 0 Å². The standard InChI is InChI=1S/C48H76O20/c1-43(2)14-15-48(42(62)68-40-33(57)31(55)29(53)23(19-50)64-40)21(16-43)20-8-9-25-45(5)12-11-27(44(3,4)24(45)10-13-46(25,6)47(20,7)17-26(48)51)65-41-35(59)36(34(58)37(67-41)38(60)61)66-39-32(56)30(54)28(52)22(18-49)63-39/h8,21-37,39-41,49-59H,9-19H2,1-7H3,(H,60,61). The highest BCUT2D eigenvalue weighted by Crippen LogP contribution is 2.76. The lowest BCUT2D eigenvalue weighted by Crippen LogP contribution is -2.68. The maximum absolute atomic E-state index is 14.7. The van der Waals surface area contributed by atoms with E-state index in [0.29, 0.717) is 38.5 Å². The fraction of sp³-hybridized carbons (Fsp3) is 0.917. The summed E-state index contributed by atoms with van der Waals surface area (Å²) in [6, 6.07) is 0. The number of esters is 1. The number of carbonyl (C=O) groups excluding carboxylic acids is 1. The Bertz CT molecular complexity index is 1910. The van der Waals surface area contributed by atoms with Crippen molar-refractivity contribution in [3.8, 4) is 0 Å². The number of carboxylic acids is 1. The predicted octanol–water partition coefficient (Wildman–Crippen LogP) is -0.796. The van der Waals surface area contributed by atoms with Gasteiger partial charge in [0, 0.05) is 0 Å². The number of aliphatic hydroxyl groups excluding tert-OH is 11. The number of hydrogen-bond donors (Lipinski definition) is 12. The molecule has 0 aromatic rings. The Kier molecular flexibility index (Phi) is 14.0. The summed E-state index contributed by atoms with van der Waals surface area (Å²) in [4.78, 5) is 27.1. The first kappa shape index (κ1) is 52.4. The molecule has 8 aliphatic rings. The minimum Gasteiger partial charge on any atom is -0.479 e. The zero-order valence-corrected chi connectivity index (χ0v) is 40.0. The van der Waals surface area contributed by atoms with Gasteiger partial charge in [-0.05, 0) is 103 Å². The average Bonchev–Trinajstić information content (AvgIpc) is 3.26. The minimum atomic E-state index is -1.99. The van der Waals surface area contributed by atoms with Gasteiger partial charge in [0.25, 0.3) is 0 Å². The molecule has 20 nitrogen and oxygen atoms in total. The molecule has 5 aliphatic carbocycles. The molecule has 7 fully saturated rings. The van der Waals surface area contributed by atoms with Gasteiger partial charge in [-0.3, -0.25) is 4.79 Å². The van der Waals surface area contributed by atoms with Gasteiger partial charge in [0.05, 0.1) is 25.4 Å². The van der Waals surface area contributed by atoms with E-state index in [1.807, 2.05) is 0 Å². The third kappa shape index (κ3) is 7.94. The lowest BCUT2D eigenvalue weighted by atomic mass is 9.33. The van der Waals surface area contributed by atoms with Gasteiger partial charge < -0.3 is 89.7 Å². The first-order valence-corrected chi connectivity index (χ1v) is 24.4. The Morgan fingerprint density at radius 1 is 0.647 bits per heavy atom. The second-order valence-corrected chi connectivity index (χ2v) is 23.6. The molecular weight excluding hydrogens is 897 g/mol. The summed E-state index contributed by atoms with van der Waals surface area (Å²) >= 11 is 0. The molecule has 12 N–H and O–H groups in total. The lowest BCUT2D eigenvalue weighted by Gasteiger charge is -2.71. The number of rotatable bonds is 9. The summed E-state index contributed by atoms with van der Waals surface area (Å²) in [6.07, 6.45) is -20.3. The van der Waals surface area contributed by atoms with E-state index in [2.05, 4.69) is 54.5 Å². The van der Waals surface area contributed by atoms with Crippen LogP contribution in [0.15, 0.2) is 11.6 Å². The van der Waals surface area contributed by atoms with E-state index in [1.54, 1.807) is 0 Å². The van der Waals surface area contributed by atoms with Crippen LogP contribution in [0, 0.1) is 50.2 Å². The van der Waals surface area contributed by atoms with E-state index in [9.17, 15) is 70.9 Å². The number of carbonyl (C=O) groups is 2. The molecular formula is C48H76O20. The monoisotopic (exact) mass is 972 g/mol. The van der Waals surface area contributed by atoms with Crippen LogP contribution in [0.25, 0.3) is 0 Å². The van der Waals surface area contributed by atoms with Crippen molar-refractivity contribution in [1.29, 1.82) is 0 Å². The van der Waals surface area contributed by atoms with Crippen LogP contribution >= 0.6 is 0 Å². The van der Waals surface area contributed by atoms with Gasteiger partial charge in [0.15, 0.2) is 18.7 Å². The summed E-state index contributed by atoms with van der Waals surface area (Å²) in [5.74, 6) is -2.65. The highest BCUT2D eigenvalue weighted by molar-refractivity contribution is 5.80. The van der Waals surface area contributed by atoms with Crippen molar-refractivity contribution in [1.82, 2.24) is 0 Å². The molecule has 8 rings (SSSR count). The Labute approximate surface area is 396 Å². The third-order valence-corrected chi connectivity index (χ3v) is 19.3. The largest absolute Gasteiger partial charge is 0.479 e. The van der Waals surface area contributed by atoms with Crippen LogP contribution in [0.1, 0.15) is 106 Å². The third-order valence-electron chi connectivity index (χ3n) is 19.3. The normalized spacial score (nSPS) is 53.1. The van der Waals surface area contributed by atoms with Gasteiger partial charge in [-0.1, -0.05) is 60.1 Å². The van der Waals surface area contributed by atoms with Gasteiger partial charge in [0.1, 0.15) is 72.6 Å². The van der Waals surface area contributed by atoms with Crippen LogP contribution in [0.4, 0.5) is 0 Å². The van der Waals surface area contributed by atoms with Crippen molar-refractivity contribution in [2.45, 2.75) is 211 Å². The molecule has 20 heteroatoms. The van der Waals surface area contributed by atoms with Gasteiger partial charge in [0.2, 0.25) is 6.29 Å². The van der Waals surface area contributed by atoms with Gasteiger partial charge in [-0.25, -0.2) is 4.79 Å². The van der Waals surface area contributed by atoms with Crippen LogP contribution in [0.3, 0.4) is 0 Å². The Morgan fingerprint density at radius 3 is 1.84 bits per heavy atom. The quantitative estimate of drug-likeness (QED) is 0.0765. The summed E-state index contributed by atoms with van der Waals surface area (Å²) < 4.78 is 35.0. The molecule has 0 spiro atoms. The number of aliphatic hydroxyl groups is 11. The predicted molar refractivity (Wildman–Crippen MR) is 232 cm³/mol. The van der Waals surface area contributed by atoms with Crippen molar-refractivity contribution < 1.29 is 99.3 Å². The Morgan fingerprint density at radius 2 is 1.24 bits per heavy atom. The van der Waals surface area contributed by atoms with Gasteiger partial charge in [-0.2, -0.15) is 0 Å². The minimum absolute atomic E-state index is 0.0304. The number of ether oxygens (including phenoxy) is 6. The molecule has 388 valence electrons. The van der Waals surface area contributed by atoms with E-state index in [-0.39, 0.29) is 34.5 Å². The van der Waals surface area contributed by atoms with E-state index in [0.717, 1.165) is 18.4 Å². The molecule has 3 heterocycles. The number of carboxylic acid groups (broad SMARTS) is 1. The number of hydrogen-bond acceptors (Lipinski definition) is 19. The molecule has 4 saturated carbocycles. The molecule has 0 radical (unpaired) electrons. The molecule has 3 aliphatic heterocycles. The topological polar surface area (TPSA) is 332 Å². The molecule has 0 aromatic carbocycles. The zero-order chi connectivity index (χ0) is 50.0. The van der Waals surface area contributed by atoms with Crippen LogP contribution in [0.2, 0.25) is 0 Å². The first-order chi connectivity index (χ1) is 31.6. The van der Waals surface area contributed by atoms with Crippen molar-refractivity contribution in [3.05, 3.63) is 11.6 Å². The molecule has 0 bridgehead atoms. The van der Waals surface area contributed by atoms with Crippen LogP contribution < -0.4 is 0 Å². The molecule has 24 unspecified atom stereocenters. The average molecular weight is 973 g/mol. The molecule has 0 amide bonds. The van der Waals surface area contributed by atoms with Gasteiger partial charge >= 0.3 is 11.9 Å². The van der Waals surface area contributed by atoms with Crippen LogP contribution in [-0.2, 0) is 38.0 Å². The maximum Gasteiger partial charge on any atom is 0.335 e. The smallest absolute Gasteiger partial charge is 0.335 e. The Hall–Kier alpha value is -1.96. The van der Waals surface area contributed by atoms with Gasteiger partial charge in [-0.15, -0.1) is 0 Å². The second-order valence-electron chi connectivity index (χ2n) is 23.6. The second kappa shape index (κ2) is 18.2. The molecule has 0 aromatic heterocycles. The molecule has 68 heavy (non-hydrogen) atoms. The summed E-state index contributed by atoms with van der Waals surface area (Å²) in [7, 11) is 0. The highest BCUT2D eigenvalue weighted by atomic mass is 16.7. The zero-order valence-electron chi connectivity index (χ0n) is 40.0. The van der Waals surface area contributed by atoms with Crippen molar-refractivity contribution in [2.24, 2.45) is 50.2 Å². The van der Waals surface area contributed by atoms with Crippen LogP contribution in [0.5, 0.6) is 0 Å². The maximum atomic E-state index is 14.7. The van der Waals surface area contributed by atoms with E-state index < -0.39 is 152 Å². The number of allylic oxidation sites excluding steroid dienone is 2. The number of aliphatic carboxylic acids is 1. The van der Waals surface area contributed by atoms with E-state index in [1.165, 1.54) is 0 Å². The summed E-state index contributed by atoms with van der Waals surface area (Å²) in [6.45, 7) is 13.8. The molecule has 3 saturated heterocycles.